The Kier molecular flexibility index (Phi) is 4.70. The Bertz CT molecular complexity index is 549. The molecule has 0 saturated heterocycles. The maximum absolute atomic E-state index is 12.1. The van der Waals surface area contributed by atoms with Crippen LogP contribution in [0.25, 0.3) is 0 Å². The Hall–Kier alpha value is -1.58. The van der Waals surface area contributed by atoms with Gasteiger partial charge in [-0.2, -0.15) is 5.26 Å². The first kappa shape index (κ1) is 14.5. The number of nitrogens with two attached hydrogens (primary N) is 1. The van der Waals surface area contributed by atoms with Gasteiger partial charge in [-0.25, -0.2) is 12.7 Å². The summed E-state index contributed by atoms with van der Waals surface area (Å²) in [4.78, 5) is 0. The van der Waals surface area contributed by atoms with Gasteiger partial charge in [0.05, 0.1) is 17.7 Å². The summed E-state index contributed by atoms with van der Waals surface area (Å²) in [5, 5.41) is 8.69. The standard InChI is InChI=1S/C12H17N3O2S/c1-10(7-13)8-15(2)18(16,17)9-11-5-3-4-6-12(11)14/h3-6,10H,8-9,14H2,1-2H3. The van der Waals surface area contributed by atoms with Gasteiger partial charge < -0.3 is 5.73 Å². The summed E-state index contributed by atoms with van der Waals surface area (Å²) in [6, 6.07) is 8.88. The van der Waals surface area contributed by atoms with Crippen LogP contribution >= 0.6 is 0 Å². The molecule has 6 heteroatoms. The summed E-state index contributed by atoms with van der Waals surface area (Å²) < 4.78 is 25.3. The molecule has 18 heavy (non-hydrogen) atoms. The lowest BCUT2D eigenvalue weighted by Gasteiger charge is -2.18. The van der Waals surface area contributed by atoms with Gasteiger partial charge in [0, 0.05) is 19.3 Å². The zero-order valence-electron chi connectivity index (χ0n) is 10.5. The third-order valence-electron chi connectivity index (χ3n) is 2.62. The van der Waals surface area contributed by atoms with Crippen LogP contribution in [-0.2, 0) is 15.8 Å². The van der Waals surface area contributed by atoms with Crippen LogP contribution in [0.15, 0.2) is 24.3 Å². The van der Waals surface area contributed by atoms with Gasteiger partial charge in [-0.1, -0.05) is 18.2 Å². The monoisotopic (exact) mass is 267 g/mol. The lowest BCUT2D eigenvalue weighted by molar-refractivity contribution is 0.438. The van der Waals surface area contributed by atoms with Crippen LogP contribution < -0.4 is 5.73 Å². The fraction of sp³-hybridized carbons (Fsp3) is 0.417. The molecule has 2 N–H and O–H groups in total. The van der Waals surface area contributed by atoms with Gasteiger partial charge in [-0.3, -0.25) is 0 Å². The van der Waals surface area contributed by atoms with Crippen molar-refractivity contribution in [1.29, 1.82) is 5.26 Å². The predicted molar refractivity (Wildman–Crippen MR) is 70.9 cm³/mol. The highest BCUT2D eigenvalue weighted by molar-refractivity contribution is 7.88. The third-order valence-corrected chi connectivity index (χ3v) is 4.39. The number of nitriles is 1. The molecule has 1 unspecified atom stereocenters. The van der Waals surface area contributed by atoms with Gasteiger partial charge in [0.15, 0.2) is 0 Å². The average Bonchev–Trinajstić information content (AvgIpc) is 2.31. The van der Waals surface area contributed by atoms with E-state index in [1.165, 1.54) is 11.4 Å². The fourth-order valence-electron chi connectivity index (χ4n) is 1.51. The van der Waals surface area contributed by atoms with Crippen LogP contribution in [0.5, 0.6) is 0 Å². The average molecular weight is 267 g/mol. The molecule has 0 radical (unpaired) electrons. The molecule has 0 aromatic heterocycles. The van der Waals surface area contributed by atoms with Crippen molar-refractivity contribution in [1.82, 2.24) is 4.31 Å². The quantitative estimate of drug-likeness (QED) is 0.812. The molecule has 1 aromatic rings. The molecule has 0 saturated carbocycles. The van der Waals surface area contributed by atoms with Gasteiger partial charge >= 0.3 is 0 Å². The molecular formula is C12H17N3O2S. The highest BCUT2D eigenvalue weighted by Gasteiger charge is 2.21. The lowest BCUT2D eigenvalue weighted by Crippen LogP contribution is -2.31. The maximum atomic E-state index is 12.1. The summed E-state index contributed by atoms with van der Waals surface area (Å²) >= 11 is 0. The molecule has 5 nitrogen and oxygen atoms in total. The first-order chi connectivity index (χ1) is 8.36. The number of sulfonamides is 1. The van der Waals surface area contributed by atoms with Gasteiger partial charge in [0.1, 0.15) is 0 Å². The van der Waals surface area contributed by atoms with E-state index in [0.717, 1.165) is 0 Å². The van der Waals surface area contributed by atoms with E-state index in [4.69, 9.17) is 11.0 Å². The molecule has 1 rings (SSSR count). The predicted octanol–water partition coefficient (Wildman–Crippen LogP) is 1.19. The highest BCUT2D eigenvalue weighted by atomic mass is 32.2. The van der Waals surface area contributed by atoms with Crippen LogP contribution in [0.3, 0.4) is 0 Å². The fourth-order valence-corrected chi connectivity index (χ4v) is 2.84. The summed E-state index contributed by atoms with van der Waals surface area (Å²) in [6.45, 7) is 1.87. The van der Waals surface area contributed by atoms with E-state index in [1.54, 1.807) is 31.2 Å². The Morgan fingerprint density at radius 3 is 2.61 bits per heavy atom. The number of hydrogen-bond acceptors (Lipinski definition) is 4. The maximum Gasteiger partial charge on any atom is 0.218 e. The van der Waals surface area contributed by atoms with E-state index < -0.39 is 10.0 Å². The molecule has 0 aliphatic heterocycles. The second kappa shape index (κ2) is 5.85. The number of benzene rings is 1. The minimum Gasteiger partial charge on any atom is -0.398 e. The summed E-state index contributed by atoms with van der Waals surface area (Å²) in [6.07, 6.45) is 0. The van der Waals surface area contributed by atoms with Crippen molar-refractivity contribution in [2.24, 2.45) is 5.92 Å². The zero-order valence-corrected chi connectivity index (χ0v) is 11.3. The number of anilines is 1. The van der Waals surface area contributed by atoms with Gasteiger partial charge in [-0.05, 0) is 18.6 Å². The van der Waals surface area contributed by atoms with Crippen LogP contribution in [0.1, 0.15) is 12.5 Å². The minimum absolute atomic E-state index is 0.145. The number of hydrogen-bond donors (Lipinski definition) is 1. The summed E-state index contributed by atoms with van der Waals surface area (Å²) in [5.41, 5.74) is 6.76. The second-order valence-electron chi connectivity index (χ2n) is 4.27. The van der Waals surface area contributed by atoms with Gasteiger partial charge in [-0.15, -0.1) is 0 Å². The van der Waals surface area contributed by atoms with Crippen molar-refractivity contribution in [2.75, 3.05) is 19.3 Å². The van der Waals surface area contributed by atoms with Crippen LogP contribution in [0.4, 0.5) is 5.69 Å². The number of nitrogen functional groups attached to an aromatic ring is 1. The van der Waals surface area contributed by atoms with Crippen LogP contribution in [0, 0.1) is 17.2 Å². The molecule has 1 aromatic carbocycles. The molecule has 0 amide bonds. The van der Waals surface area contributed by atoms with Crippen molar-refractivity contribution in [3.63, 3.8) is 0 Å². The molecule has 0 aliphatic rings. The first-order valence-corrected chi connectivity index (χ1v) is 7.14. The van der Waals surface area contributed by atoms with E-state index >= 15 is 0 Å². The summed E-state index contributed by atoms with van der Waals surface area (Å²) in [5.74, 6) is -0.480. The van der Waals surface area contributed by atoms with Gasteiger partial charge in [0.25, 0.3) is 0 Å². The lowest BCUT2D eigenvalue weighted by atomic mass is 10.2. The van der Waals surface area contributed by atoms with Crippen molar-refractivity contribution in [3.05, 3.63) is 29.8 Å². The van der Waals surface area contributed by atoms with E-state index in [2.05, 4.69) is 0 Å². The Morgan fingerprint density at radius 1 is 1.44 bits per heavy atom. The molecule has 0 fully saturated rings. The SMILES string of the molecule is CC(C#N)CN(C)S(=O)(=O)Cc1ccccc1N. The summed E-state index contributed by atoms with van der Waals surface area (Å²) in [7, 11) is -1.96. The zero-order chi connectivity index (χ0) is 13.8. The molecule has 0 heterocycles. The smallest absolute Gasteiger partial charge is 0.218 e. The molecule has 0 bridgehead atoms. The first-order valence-electron chi connectivity index (χ1n) is 5.54. The van der Waals surface area contributed by atoms with Gasteiger partial charge in [0.2, 0.25) is 10.0 Å². The molecular weight excluding hydrogens is 250 g/mol. The topological polar surface area (TPSA) is 87.2 Å². The minimum atomic E-state index is -3.44. The number of nitrogens with zero attached hydrogens (tertiary/aromatic N) is 2. The molecule has 98 valence electrons. The Morgan fingerprint density at radius 2 is 2.06 bits per heavy atom. The third kappa shape index (κ3) is 3.72. The van der Waals surface area contributed by atoms with Crippen LogP contribution in [0.2, 0.25) is 0 Å². The molecule has 0 spiro atoms. The second-order valence-corrected chi connectivity index (χ2v) is 6.34. The van der Waals surface area contributed by atoms with Crippen molar-refractivity contribution in [3.8, 4) is 6.07 Å². The number of para-hydroxylation sites is 1. The molecule has 0 aliphatic carbocycles. The normalized spacial score (nSPS) is 13.2. The highest BCUT2D eigenvalue weighted by Crippen LogP contribution is 2.16. The Labute approximate surface area is 108 Å². The van der Waals surface area contributed by atoms with E-state index in [1.807, 2.05) is 6.07 Å². The van der Waals surface area contributed by atoms with Crippen molar-refractivity contribution in [2.45, 2.75) is 12.7 Å². The van der Waals surface area contributed by atoms with Crippen molar-refractivity contribution < 1.29 is 8.42 Å². The van der Waals surface area contributed by atoms with E-state index in [9.17, 15) is 8.42 Å². The van der Waals surface area contributed by atoms with Crippen LogP contribution in [-0.4, -0.2) is 26.3 Å². The van der Waals surface area contributed by atoms with E-state index in [0.29, 0.717) is 11.3 Å². The van der Waals surface area contributed by atoms with Crippen molar-refractivity contribution >= 4 is 15.7 Å². The number of rotatable bonds is 5. The largest absolute Gasteiger partial charge is 0.398 e. The van der Waals surface area contributed by atoms with E-state index in [-0.39, 0.29) is 18.2 Å². The Balaban J connectivity index is 2.83. The molecule has 1 atom stereocenters.